The van der Waals surface area contributed by atoms with Crippen molar-refractivity contribution in [3.63, 3.8) is 0 Å². The number of imide groups is 1. The van der Waals surface area contributed by atoms with Crippen molar-refractivity contribution in [3.05, 3.63) is 281 Å². The van der Waals surface area contributed by atoms with E-state index < -0.39 is 135 Å². The lowest BCUT2D eigenvalue weighted by atomic mass is 9.94. The smallest absolute Gasteiger partial charge is 0.338 e. The molecule has 24 nitrogen and oxygen atoms in total. The fourth-order valence-corrected chi connectivity index (χ4v) is 13.9. The van der Waals surface area contributed by atoms with Crippen molar-refractivity contribution in [1.82, 2.24) is 4.90 Å². The van der Waals surface area contributed by atoms with E-state index in [1.165, 1.54) is 26.2 Å². The molecule has 0 aromatic heterocycles. The lowest BCUT2D eigenvalue weighted by Gasteiger charge is -2.50. The maximum absolute atomic E-state index is 15.2. The lowest BCUT2D eigenvalue weighted by Crippen LogP contribution is -2.68. The molecule has 0 aliphatic carbocycles. The molecule has 8 aromatic carbocycles. The molecular formula is C88H95NO23. The van der Waals surface area contributed by atoms with E-state index in [2.05, 4.69) is 0 Å². The summed E-state index contributed by atoms with van der Waals surface area (Å²) in [5, 5.41) is 11.8. The van der Waals surface area contributed by atoms with Gasteiger partial charge in [0.1, 0.15) is 72.5 Å². The Balaban J connectivity index is 0.972. The van der Waals surface area contributed by atoms with Crippen molar-refractivity contribution in [3.8, 4) is 5.75 Å². The van der Waals surface area contributed by atoms with Gasteiger partial charge in [-0.1, -0.05) is 201 Å². The number of aliphatic hydroxyl groups excluding tert-OH is 1. The molecule has 0 unspecified atom stereocenters. The van der Waals surface area contributed by atoms with Gasteiger partial charge in [-0.2, -0.15) is 0 Å². The summed E-state index contributed by atoms with van der Waals surface area (Å²) in [4.78, 5) is 85.8. The number of carbonyl (C=O) groups excluding carboxylic acids is 6. The number of carbonyl (C=O) groups is 6. The highest BCUT2D eigenvalue weighted by atomic mass is 16.8. The van der Waals surface area contributed by atoms with Crippen LogP contribution in [0, 0.1) is 0 Å². The number of methoxy groups -OCH3 is 2. The van der Waals surface area contributed by atoms with E-state index in [4.69, 9.17) is 75.8 Å². The number of Topliss-reactive ketones (excluding diaryl/α,β-unsaturated/α-hetero) is 1. The molecule has 4 heterocycles. The number of hydrogen-bond donors (Lipinski definition) is 1. The van der Waals surface area contributed by atoms with Gasteiger partial charge < -0.3 is 85.7 Å². The van der Waals surface area contributed by atoms with E-state index in [0.717, 1.165) is 32.7 Å². The number of fused-ring (bicyclic) bond motifs is 1. The van der Waals surface area contributed by atoms with Gasteiger partial charge in [-0.25, -0.2) is 4.79 Å². The van der Waals surface area contributed by atoms with Crippen LogP contribution >= 0.6 is 0 Å². The predicted octanol–water partition coefficient (Wildman–Crippen LogP) is 11.6. The van der Waals surface area contributed by atoms with Crippen molar-refractivity contribution in [1.29, 1.82) is 0 Å². The minimum absolute atomic E-state index is 0.00775. The Labute approximate surface area is 651 Å². The maximum atomic E-state index is 15.2. The third kappa shape index (κ3) is 22.1. The Morgan fingerprint density at radius 2 is 0.857 bits per heavy atom. The Morgan fingerprint density at radius 1 is 0.393 bits per heavy atom. The summed E-state index contributed by atoms with van der Waals surface area (Å²) in [6.45, 7) is -0.187. The van der Waals surface area contributed by atoms with Crippen LogP contribution in [0.25, 0.3) is 0 Å². The van der Waals surface area contributed by atoms with Crippen LogP contribution < -0.4 is 4.74 Å². The van der Waals surface area contributed by atoms with Crippen LogP contribution in [-0.4, -0.2) is 178 Å². The Hall–Kier alpha value is -9.74. The predicted molar refractivity (Wildman–Crippen MR) is 404 cm³/mol. The summed E-state index contributed by atoms with van der Waals surface area (Å²) in [5.74, 6) is -3.20. The molecule has 3 saturated heterocycles. The number of amides is 2. The molecule has 12 rings (SSSR count). The van der Waals surface area contributed by atoms with Crippen molar-refractivity contribution in [2.45, 2.75) is 177 Å². The zero-order chi connectivity index (χ0) is 78.0. The van der Waals surface area contributed by atoms with Crippen LogP contribution in [0.3, 0.4) is 0 Å². The Morgan fingerprint density at radius 3 is 1.38 bits per heavy atom. The summed E-state index contributed by atoms with van der Waals surface area (Å²) in [6, 6.07) is 67.7. The average Bonchev–Trinajstić information content (AvgIpc) is 1.47. The number of aliphatic hydroxyl groups is 1. The molecule has 1 N–H and O–H groups in total. The summed E-state index contributed by atoms with van der Waals surface area (Å²) in [6.07, 6.45) is -19.2. The van der Waals surface area contributed by atoms with E-state index >= 15 is 14.4 Å². The van der Waals surface area contributed by atoms with Crippen molar-refractivity contribution in [2.24, 2.45) is 0 Å². The monoisotopic (exact) mass is 1530 g/mol. The molecule has 4 aliphatic rings. The minimum atomic E-state index is -1.82. The quantitative estimate of drug-likeness (QED) is 0.0162. The van der Waals surface area contributed by atoms with E-state index in [1.54, 1.807) is 61.7 Å². The van der Waals surface area contributed by atoms with Gasteiger partial charge in [-0.15, -0.1) is 0 Å². The molecule has 24 heteroatoms. The van der Waals surface area contributed by atoms with Gasteiger partial charge in [0.25, 0.3) is 11.8 Å². The minimum Gasteiger partial charge on any atom is -0.497 e. The van der Waals surface area contributed by atoms with E-state index in [0.29, 0.717) is 30.6 Å². The van der Waals surface area contributed by atoms with Gasteiger partial charge >= 0.3 is 17.9 Å². The molecule has 0 spiro atoms. The van der Waals surface area contributed by atoms with Gasteiger partial charge in [0.05, 0.1) is 96.8 Å². The molecule has 590 valence electrons. The number of nitrogens with zero attached hydrogens (tertiary/aromatic N) is 1. The van der Waals surface area contributed by atoms with Crippen molar-refractivity contribution in [2.75, 3.05) is 40.6 Å². The van der Waals surface area contributed by atoms with Gasteiger partial charge in [0.15, 0.2) is 31.1 Å². The van der Waals surface area contributed by atoms with E-state index in [9.17, 15) is 19.5 Å². The van der Waals surface area contributed by atoms with Crippen LogP contribution in [-0.2, 0) is 125 Å². The van der Waals surface area contributed by atoms with Crippen LogP contribution in [0.2, 0.25) is 0 Å². The fraction of sp³-hybridized carbons (Fsp3) is 0.386. The first-order valence-electron chi connectivity index (χ1n) is 37.8. The molecule has 2 amide bonds. The number of benzene rings is 8. The molecule has 0 bridgehead atoms. The second-order valence-corrected chi connectivity index (χ2v) is 27.6. The van der Waals surface area contributed by atoms with E-state index in [-0.39, 0.29) is 94.1 Å². The zero-order valence-electron chi connectivity index (χ0n) is 62.8. The number of hydrogen-bond acceptors (Lipinski definition) is 23. The van der Waals surface area contributed by atoms with Gasteiger partial charge in [0.2, 0.25) is 0 Å². The summed E-state index contributed by atoms with van der Waals surface area (Å²) >= 11 is 0. The van der Waals surface area contributed by atoms with E-state index in [1.807, 2.05) is 164 Å². The zero-order valence-corrected chi connectivity index (χ0v) is 62.8. The molecular weight excluding hydrogens is 1440 g/mol. The first-order chi connectivity index (χ1) is 54.8. The average molecular weight is 1530 g/mol. The number of esters is 3. The first kappa shape index (κ1) is 81.7. The third-order valence-electron chi connectivity index (χ3n) is 19.7. The molecule has 4 aliphatic heterocycles. The van der Waals surface area contributed by atoms with Crippen molar-refractivity contribution < 1.29 is 110 Å². The number of ether oxygens (including phenoxy) is 16. The lowest BCUT2D eigenvalue weighted by molar-refractivity contribution is -0.374. The highest BCUT2D eigenvalue weighted by Crippen LogP contribution is 2.40. The first-order valence-corrected chi connectivity index (χ1v) is 37.8. The summed E-state index contributed by atoms with van der Waals surface area (Å²) in [7, 11) is 2.87. The molecule has 0 saturated carbocycles. The largest absolute Gasteiger partial charge is 0.497 e. The third-order valence-corrected chi connectivity index (χ3v) is 19.7. The van der Waals surface area contributed by atoms with Crippen LogP contribution in [0.4, 0.5) is 0 Å². The second kappa shape index (κ2) is 41.7. The van der Waals surface area contributed by atoms with Crippen LogP contribution in [0.15, 0.2) is 231 Å². The standard InChI is InChI=1S/C88H95NO23/c1-58(91)42-47-73(93)110-77-69(49-90)107-87(106-57-71-75(101-55-64-43-45-66(97-2)46-44-64)78(103-52-61-31-15-6-16-32-61)74(86(108-71)100-48-26-10-23-41-72(92)98-3)89-83(94)67-39-24-25-40-68(67)84(89)95)82(111-85(96)65-37-21-9-22-38-65)80(77)112-88-81(105-54-63-35-19-8-20-36-63)79(104-53-62-33-17-7-18-34-62)76(102-51-60-29-13-5-14-30-60)70(109-88)56-99-50-59-27-11-4-12-28-59/h4-9,11-22,24-25,27-40,43-46,69-71,74-82,86-88,90H,10,23,26,41-42,47-57H2,1-3H3/t69-,70-,71-,74-,75-,76+,77+,78-,79+,80+,81-,82-,86-,87-,88-/m1/s1. The molecule has 15 atom stereocenters. The van der Waals surface area contributed by atoms with Gasteiger partial charge in [-0.3, -0.25) is 24.1 Å². The summed E-state index contributed by atoms with van der Waals surface area (Å²) in [5.41, 5.74) is 5.03. The number of unbranched alkanes of at least 4 members (excludes halogenated alkanes) is 2. The SMILES string of the molecule is COC(=O)CCCCCO[C@@H]1O[C@H](CO[C@@H]2O[C@H](CO)[C@H](OC(=O)CCC(C)=O)[C@H](O[C@H]3O[C@H](COCc4ccccc4)[C@H](OCc4ccccc4)[C@H](OCc4ccccc4)[C@H]3OCc3ccccc3)[C@H]2OC(=O)c2ccccc2)[C@@H](OCc2ccc(OC)cc2)[C@H](OCc2ccccc2)[C@H]1N1C(=O)c2ccccc2C1=O. The Kier molecular flexibility index (Phi) is 30.4. The number of rotatable bonds is 40. The highest BCUT2D eigenvalue weighted by molar-refractivity contribution is 6.21. The molecule has 8 aromatic rings. The molecule has 0 radical (unpaired) electrons. The van der Waals surface area contributed by atoms with Crippen LogP contribution in [0.1, 0.15) is 110 Å². The molecule has 112 heavy (non-hydrogen) atoms. The Bertz CT molecular complexity index is 4210. The van der Waals surface area contributed by atoms with Gasteiger partial charge in [-0.05, 0) is 89.5 Å². The van der Waals surface area contributed by atoms with Gasteiger partial charge in [0, 0.05) is 19.4 Å². The molecule has 3 fully saturated rings. The van der Waals surface area contributed by atoms with Crippen molar-refractivity contribution >= 4 is 35.5 Å². The fourth-order valence-electron chi connectivity index (χ4n) is 13.9. The summed E-state index contributed by atoms with van der Waals surface area (Å²) < 4.78 is 108. The highest BCUT2D eigenvalue weighted by Gasteiger charge is 2.59. The normalized spacial score (nSPS) is 24.2. The topological polar surface area (TPSA) is 274 Å². The maximum Gasteiger partial charge on any atom is 0.338 e. The second-order valence-electron chi connectivity index (χ2n) is 27.6. The number of ketones is 1. The van der Waals surface area contributed by atoms with Crippen LogP contribution in [0.5, 0.6) is 5.75 Å².